The molecule has 3 aromatic rings. The number of amides is 1. The van der Waals surface area contributed by atoms with Crippen molar-refractivity contribution in [2.45, 2.75) is 20.4 Å². The summed E-state index contributed by atoms with van der Waals surface area (Å²) in [6, 6.07) is 7.29. The van der Waals surface area contributed by atoms with Gasteiger partial charge in [-0.3, -0.25) is 14.5 Å². The predicted molar refractivity (Wildman–Crippen MR) is 102 cm³/mol. The summed E-state index contributed by atoms with van der Waals surface area (Å²) < 4.78 is 6.21. The van der Waals surface area contributed by atoms with Gasteiger partial charge < -0.3 is 4.42 Å². The minimum Gasteiger partial charge on any atom is -0.467 e. The van der Waals surface area contributed by atoms with Gasteiger partial charge in [0.25, 0.3) is 0 Å². The van der Waals surface area contributed by atoms with E-state index in [1.54, 1.807) is 18.4 Å². The van der Waals surface area contributed by atoms with Crippen LogP contribution in [0.4, 0.5) is 5.13 Å². The molecule has 0 saturated heterocycles. The Kier molecular flexibility index (Phi) is 5.46. The number of thioether (sulfide) groups is 1. The fourth-order valence-corrected chi connectivity index (χ4v) is 4.08. The number of aryl methyl sites for hydroxylation is 1. The number of hydrogen-bond acceptors (Lipinski definition) is 6. The van der Waals surface area contributed by atoms with E-state index in [9.17, 15) is 9.59 Å². The molecule has 2 aromatic heterocycles. The molecule has 0 aliphatic rings. The zero-order valence-corrected chi connectivity index (χ0v) is 16.0. The van der Waals surface area contributed by atoms with Gasteiger partial charge in [-0.15, -0.1) is 0 Å². The summed E-state index contributed by atoms with van der Waals surface area (Å²) in [6.45, 7) is 3.64. The maximum Gasteiger partial charge on any atom is 0.239 e. The number of benzene rings is 1. The molecular weight excluding hydrogens is 380 g/mol. The average molecular weight is 395 g/mol. The summed E-state index contributed by atoms with van der Waals surface area (Å²) in [5.74, 6) is 0.492. The van der Waals surface area contributed by atoms with Crippen LogP contribution in [0.25, 0.3) is 10.2 Å². The first-order valence-corrected chi connectivity index (χ1v) is 9.65. The monoisotopic (exact) mass is 394 g/mol. The van der Waals surface area contributed by atoms with Crippen molar-refractivity contribution in [3.8, 4) is 0 Å². The van der Waals surface area contributed by atoms with E-state index in [2.05, 4.69) is 4.98 Å². The van der Waals surface area contributed by atoms with E-state index in [0.717, 1.165) is 27.5 Å². The average Bonchev–Trinajstić information content (AvgIpc) is 3.23. The van der Waals surface area contributed by atoms with E-state index in [4.69, 9.17) is 16.0 Å². The molecule has 0 unspecified atom stereocenters. The van der Waals surface area contributed by atoms with Crippen molar-refractivity contribution < 1.29 is 14.0 Å². The Morgan fingerprint density at radius 1 is 1.36 bits per heavy atom. The van der Waals surface area contributed by atoms with Crippen molar-refractivity contribution in [1.29, 1.82) is 0 Å². The first-order chi connectivity index (χ1) is 12.0. The molecule has 0 aliphatic carbocycles. The molecule has 0 N–H and O–H groups in total. The number of aromatic nitrogens is 1. The third-order valence-electron chi connectivity index (χ3n) is 3.51. The van der Waals surface area contributed by atoms with E-state index in [-0.39, 0.29) is 23.3 Å². The van der Waals surface area contributed by atoms with Crippen molar-refractivity contribution in [2.24, 2.45) is 0 Å². The standard InChI is InChI=1S/C17H15ClN2O3S2/c1-10-5-6-13(18)16-15(10)19-17(25-16)20(8-12-4-3-7-23-12)14(22)9-24-11(2)21/h3-7H,8-9H2,1-2H3. The van der Waals surface area contributed by atoms with Gasteiger partial charge in [0.05, 0.1) is 33.8 Å². The minimum atomic E-state index is -0.204. The quantitative estimate of drug-likeness (QED) is 0.629. The number of fused-ring (bicyclic) bond motifs is 1. The maximum atomic E-state index is 12.7. The van der Waals surface area contributed by atoms with Gasteiger partial charge in [-0.2, -0.15) is 0 Å². The molecule has 0 fully saturated rings. The third kappa shape index (κ3) is 4.05. The lowest BCUT2D eigenvalue weighted by Crippen LogP contribution is -2.32. The molecule has 25 heavy (non-hydrogen) atoms. The highest BCUT2D eigenvalue weighted by Gasteiger charge is 2.22. The Labute approximate surface area is 158 Å². The Balaban J connectivity index is 1.98. The largest absolute Gasteiger partial charge is 0.467 e. The van der Waals surface area contributed by atoms with Crippen LogP contribution in [0.2, 0.25) is 5.02 Å². The van der Waals surface area contributed by atoms with Gasteiger partial charge in [0.1, 0.15) is 5.76 Å². The van der Waals surface area contributed by atoms with E-state index in [1.165, 1.54) is 23.2 Å². The second kappa shape index (κ2) is 7.59. The van der Waals surface area contributed by atoms with Crippen molar-refractivity contribution in [1.82, 2.24) is 4.98 Å². The second-order valence-corrected chi connectivity index (χ2v) is 7.91. The number of carbonyl (C=O) groups excluding carboxylic acids is 2. The van der Waals surface area contributed by atoms with Crippen LogP contribution in [0, 0.1) is 6.92 Å². The van der Waals surface area contributed by atoms with E-state index in [1.807, 2.05) is 19.1 Å². The van der Waals surface area contributed by atoms with Crippen LogP contribution in [0.3, 0.4) is 0 Å². The van der Waals surface area contributed by atoms with Gasteiger partial charge in [-0.25, -0.2) is 4.98 Å². The molecule has 0 saturated carbocycles. The van der Waals surface area contributed by atoms with Crippen molar-refractivity contribution in [2.75, 3.05) is 10.7 Å². The number of carbonyl (C=O) groups is 2. The van der Waals surface area contributed by atoms with Crippen molar-refractivity contribution in [3.05, 3.63) is 46.9 Å². The van der Waals surface area contributed by atoms with Crippen LogP contribution >= 0.6 is 34.7 Å². The van der Waals surface area contributed by atoms with Crippen LogP contribution < -0.4 is 4.90 Å². The summed E-state index contributed by atoms with van der Waals surface area (Å²) >= 11 is 8.61. The number of halogens is 1. The molecule has 5 nitrogen and oxygen atoms in total. The summed E-state index contributed by atoms with van der Waals surface area (Å²) in [7, 11) is 0. The molecule has 0 bridgehead atoms. The van der Waals surface area contributed by atoms with Gasteiger partial charge in [0.15, 0.2) is 10.2 Å². The summed E-state index contributed by atoms with van der Waals surface area (Å²) in [5, 5.41) is 1.04. The Morgan fingerprint density at radius 3 is 2.80 bits per heavy atom. The zero-order valence-electron chi connectivity index (χ0n) is 13.6. The van der Waals surface area contributed by atoms with Gasteiger partial charge in [0, 0.05) is 6.92 Å². The second-order valence-electron chi connectivity index (χ2n) is 5.38. The Hall–Kier alpha value is -1.83. The molecule has 0 aliphatic heterocycles. The first kappa shape index (κ1) is 18.0. The van der Waals surface area contributed by atoms with Crippen molar-refractivity contribution in [3.63, 3.8) is 0 Å². The molecule has 1 aromatic carbocycles. The first-order valence-electron chi connectivity index (χ1n) is 7.47. The fraction of sp³-hybridized carbons (Fsp3) is 0.235. The van der Waals surface area contributed by atoms with Gasteiger partial charge >= 0.3 is 0 Å². The summed E-state index contributed by atoms with van der Waals surface area (Å²) in [5.41, 5.74) is 1.77. The SMILES string of the molecule is CC(=O)SCC(=O)N(Cc1ccco1)c1nc2c(C)ccc(Cl)c2s1. The molecule has 0 spiro atoms. The number of thiazole rings is 1. The molecular formula is C17H15ClN2O3S2. The number of hydrogen-bond donors (Lipinski definition) is 0. The zero-order chi connectivity index (χ0) is 18.0. The summed E-state index contributed by atoms with van der Waals surface area (Å²) in [6.07, 6.45) is 1.56. The maximum absolute atomic E-state index is 12.7. The lowest BCUT2D eigenvalue weighted by atomic mass is 10.2. The van der Waals surface area contributed by atoms with Crippen LogP contribution in [-0.4, -0.2) is 21.8 Å². The van der Waals surface area contributed by atoms with Crippen LogP contribution in [0.1, 0.15) is 18.2 Å². The van der Waals surface area contributed by atoms with Gasteiger partial charge in [0.2, 0.25) is 5.91 Å². The van der Waals surface area contributed by atoms with E-state index < -0.39 is 0 Å². The highest BCUT2D eigenvalue weighted by Crippen LogP contribution is 2.36. The highest BCUT2D eigenvalue weighted by molar-refractivity contribution is 8.14. The fourth-order valence-electron chi connectivity index (χ4n) is 2.27. The van der Waals surface area contributed by atoms with E-state index >= 15 is 0 Å². The predicted octanol–water partition coefficient (Wildman–Crippen LogP) is 4.66. The molecule has 0 radical (unpaired) electrons. The van der Waals surface area contributed by atoms with Crippen molar-refractivity contribution >= 4 is 61.1 Å². The number of anilines is 1. The van der Waals surface area contributed by atoms with Crippen LogP contribution in [0.15, 0.2) is 34.9 Å². The van der Waals surface area contributed by atoms with Gasteiger partial charge in [-0.1, -0.05) is 40.8 Å². The van der Waals surface area contributed by atoms with Crippen LogP contribution in [0.5, 0.6) is 0 Å². The Bertz CT molecular complexity index is 883. The lowest BCUT2D eigenvalue weighted by molar-refractivity contribution is -0.116. The number of rotatable bonds is 5. The smallest absolute Gasteiger partial charge is 0.239 e. The topological polar surface area (TPSA) is 63.4 Å². The molecule has 2 heterocycles. The van der Waals surface area contributed by atoms with Crippen LogP contribution in [-0.2, 0) is 16.1 Å². The third-order valence-corrected chi connectivity index (χ3v) is 5.85. The minimum absolute atomic E-state index is 0.0542. The Morgan fingerprint density at radius 2 is 2.16 bits per heavy atom. The molecule has 130 valence electrons. The molecule has 3 rings (SSSR count). The lowest BCUT2D eigenvalue weighted by Gasteiger charge is -2.18. The summed E-state index contributed by atoms with van der Waals surface area (Å²) in [4.78, 5) is 30.0. The number of furan rings is 1. The molecule has 8 heteroatoms. The van der Waals surface area contributed by atoms with Gasteiger partial charge in [-0.05, 0) is 30.7 Å². The highest BCUT2D eigenvalue weighted by atomic mass is 35.5. The van der Waals surface area contributed by atoms with E-state index in [0.29, 0.717) is 15.9 Å². The molecule has 1 amide bonds. The normalized spacial score (nSPS) is 11.0. The number of nitrogens with zero attached hydrogens (tertiary/aromatic N) is 2. The molecule has 0 atom stereocenters.